The molecule has 0 unspecified atom stereocenters. The Morgan fingerprint density at radius 3 is 2.84 bits per heavy atom. The molecule has 19 heavy (non-hydrogen) atoms. The van der Waals surface area contributed by atoms with E-state index in [0.717, 1.165) is 5.52 Å². The lowest BCUT2D eigenvalue weighted by atomic mass is 10.2. The Balaban J connectivity index is 2.04. The minimum atomic E-state index is -0.419. The van der Waals surface area contributed by atoms with Gasteiger partial charge in [-0.3, -0.25) is 9.36 Å². The highest BCUT2D eigenvalue weighted by Gasteiger charge is 2.10. The lowest BCUT2D eigenvalue weighted by molar-refractivity contribution is -0.121. The van der Waals surface area contributed by atoms with Gasteiger partial charge in [0.2, 0.25) is 5.91 Å². The summed E-state index contributed by atoms with van der Waals surface area (Å²) in [4.78, 5) is 23.3. The van der Waals surface area contributed by atoms with Crippen LogP contribution in [-0.2, 0) is 11.3 Å². The molecule has 1 heterocycles. The van der Waals surface area contributed by atoms with Gasteiger partial charge >= 0.3 is 5.76 Å². The van der Waals surface area contributed by atoms with Crippen molar-refractivity contribution >= 4 is 17.0 Å². The Hall–Kier alpha value is -2.04. The first-order valence-corrected chi connectivity index (χ1v) is 6.43. The molecule has 5 heteroatoms. The molecule has 0 aliphatic carbocycles. The van der Waals surface area contributed by atoms with Gasteiger partial charge < -0.3 is 9.73 Å². The molecule has 2 rings (SSSR count). The zero-order valence-electron chi connectivity index (χ0n) is 11.2. The fraction of sp³-hybridized carbons (Fsp3) is 0.429. The lowest BCUT2D eigenvalue weighted by Crippen LogP contribution is -2.29. The predicted octanol–water partition coefficient (Wildman–Crippen LogP) is 1.76. The van der Waals surface area contributed by atoms with E-state index < -0.39 is 5.76 Å². The fourth-order valence-electron chi connectivity index (χ4n) is 1.85. The van der Waals surface area contributed by atoms with E-state index in [4.69, 9.17) is 4.42 Å². The predicted molar refractivity (Wildman–Crippen MR) is 72.9 cm³/mol. The molecule has 0 atom stereocenters. The number of hydrogen-bond acceptors (Lipinski definition) is 3. The van der Waals surface area contributed by atoms with Gasteiger partial charge in [-0.1, -0.05) is 26.0 Å². The summed E-state index contributed by atoms with van der Waals surface area (Å²) >= 11 is 0. The van der Waals surface area contributed by atoms with Gasteiger partial charge in [0.15, 0.2) is 5.58 Å². The molecule has 102 valence electrons. The van der Waals surface area contributed by atoms with Crippen molar-refractivity contribution in [2.24, 2.45) is 5.92 Å². The number of nitrogens with one attached hydrogen (secondary N) is 1. The van der Waals surface area contributed by atoms with Crippen LogP contribution in [0.2, 0.25) is 0 Å². The first-order chi connectivity index (χ1) is 9.08. The van der Waals surface area contributed by atoms with Crippen LogP contribution in [-0.4, -0.2) is 17.0 Å². The molecule has 0 bridgehead atoms. The van der Waals surface area contributed by atoms with Crippen molar-refractivity contribution in [3.8, 4) is 0 Å². The number of rotatable bonds is 5. The average molecular weight is 262 g/mol. The van der Waals surface area contributed by atoms with Gasteiger partial charge in [-0.25, -0.2) is 4.79 Å². The first kappa shape index (κ1) is 13.4. The minimum Gasteiger partial charge on any atom is -0.408 e. The first-order valence-electron chi connectivity index (χ1n) is 6.43. The molecule has 1 aromatic carbocycles. The lowest BCUT2D eigenvalue weighted by Gasteiger charge is -2.07. The highest BCUT2D eigenvalue weighted by atomic mass is 16.4. The molecule has 0 saturated carbocycles. The third-order valence-electron chi connectivity index (χ3n) is 2.84. The third kappa shape index (κ3) is 3.24. The summed E-state index contributed by atoms with van der Waals surface area (Å²) in [5.41, 5.74) is 1.28. The molecule has 1 N–H and O–H groups in total. The molecule has 5 nitrogen and oxygen atoms in total. The van der Waals surface area contributed by atoms with Crippen LogP contribution in [0.4, 0.5) is 0 Å². The SMILES string of the molecule is CC(C)CNC(=O)CCn1c(=O)oc2ccccc21. The summed E-state index contributed by atoms with van der Waals surface area (Å²) in [5.74, 6) is -0.0508. The van der Waals surface area contributed by atoms with Gasteiger partial charge in [-0.2, -0.15) is 0 Å². The van der Waals surface area contributed by atoms with Crippen molar-refractivity contribution in [2.45, 2.75) is 26.8 Å². The summed E-state index contributed by atoms with van der Waals surface area (Å²) in [6.07, 6.45) is 0.274. The molecule has 0 aliphatic heterocycles. The smallest absolute Gasteiger partial charge is 0.408 e. The Morgan fingerprint density at radius 2 is 2.11 bits per heavy atom. The summed E-state index contributed by atoms with van der Waals surface area (Å²) in [5, 5.41) is 2.83. The van der Waals surface area contributed by atoms with Gasteiger partial charge in [0, 0.05) is 19.5 Å². The number of aryl methyl sites for hydroxylation is 1. The molecule has 0 radical (unpaired) electrons. The number of carbonyl (C=O) groups is 1. The zero-order chi connectivity index (χ0) is 13.8. The molecule has 2 aromatic rings. The maximum atomic E-state index is 11.7. The van der Waals surface area contributed by atoms with E-state index >= 15 is 0 Å². The Kier molecular flexibility index (Phi) is 4.04. The number of para-hydroxylation sites is 2. The van der Waals surface area contributed by atoms with Crippen LogP contribution in [0.3, 0.4) is 0 Å². The fourth-order valence-corrected chi connectivity index (χ4v) is 1.85. The Labute approximate surface area is 111 Å². The number of nitrogens with zero attached hydrogens (tertiary/aromatic N) is 1. The summed E-state index contributed by atoms with van der Waals surface area (Å²) < 4.78 is 6.60. The molecule has 0 aliphatic rings. The van der Waals surface area contributed by atoms with Crippen molar-refractivity contribution in [3.63, 3.8) is 0 Å². The van der Waals surface area contributed by atoms with Crippen LogP contribution < -0.4 is 11.1 Å². The van der Waals surface area contributed by atoms with E-state index in [1.54, 1.807) is 6.07 Å². The molecular formula is C14H18N2O3. The minimum absolute atomic E-state index is 0.0501. The maximum Gasteiger partial charge on any atom is 0.419 e. The standard InChI is InChI=1S/C14H18N2O3/c1-10(2)9-15-13(17)7-8-16-11-5-3-4-6-12(11)19-14(16)18/h3-6,10H,7-9H2,1-2H3,(H,15,17). The van der Waals surface area contributed by atoms with Crippen LogP contribution in [0.5, 0.6) is 0 Å². The van der Waals surface area contributed by atoms with Crippen molar-refractivity contribution in [1.82, 2.24) is 9.88 Å². The highest BCUT2D eigenvalue weighted by Crippen LogP contribution is 2.11. The number of benzene rings is 1. The van der Waals surface area contributed by atoms with E-state index in [-0.39, 0.29) is 12.3 Å². The summed E-state index contributed by atoms with van der Waals surface area (Å²) in [7, 11) is 0. The average Bonchev–Trinajstić information content (AvgIpc) is 2.69. The normalized spacial score (nSPS) is 11.1. The van der Waals surface area contributed by atoms with Crippen molar-refractivity contribution < 1.29 is 9.21 Å². The number of oxazole rings is 1. The van der Waals surface area contributed by atoms with E-state index in [9.17, 15) is 9.59 Å². The highest BCUT2D eigenvalue weighted by molar-refractivity contribution is 5.76. The van der Waals surface area contributed by atoms with Crippen LogP contribution in [0.1, 0.15) is 20.3 Å². The second-order valence-corrected chi connectivity index (χ2v) is 4.94. The summed E-state index contributed by atoms with van der Waals surface area (Å²) in [6.45, 7) is 5.06. The van der Waals surface area contributed by atoms with E-state index in [1.165, 1.54) is 4.57 Å². The Bertz CT molecular complexity index is 625. The van der Waals surface area contributed by atoms with Gasteiger partial charge in [0.1, 0.15) is 0 Å². The third-order valence-corrected chi connectivity index (χ3v) is 2.84. The van der Waals surface area contributed by atoms with Gasteiger partial charge in [-0.05, 0) is 18.1 Å². The number of carbonyl (C=O) groups excluding carboxylic acids is 1. The number of aromatic nitrogens is 1. The van der Waals surface area contributed by atoms with Crippen molar-refractivity contribution in [2.75, 3.05) is 6.54 Å². The Morgan fingerprint density at radius 1 is 1.37 bits per heavy atom. The molecule has 1 amide bonds. The van der Waals surface area contributed by atoms with Crippen LogP contribution in [0, 0.1) is 5.92 Å². The van der Waals surface area contributed by atoms with E-state index in [2.05, 4.69) is 5.32 Å². The van der Waals surface area contributed by atoms with Crippen molar-refractivity contribution in [3.05, 3.63) is 34.8 Å². The molecule has 1 aromatic heterocycles. The topological polar surface area (TPSA) is 64.2 Å². The van der Waals surface area contributed by atoms with Crippen LogP contribution >= 0.6 is 0 Å². The number of fused-ring (bicyclic) bond motifs is 1. The second-order valence-electron chi connectivity index (χ2n) is 4.94. The van der Waals surface area contributed by atoms with Gasteiger partial charge in [0.25, 0.3) is 0 Å². The van der Waals surface area contributed by atoms with Crippen molar-refractivity contribution in [1.29, 1.82) is 0 Å². The maximum absolute atomic E-state index is 11.7. The second kappa shape index (κ2) is 5.73. The van der Waals surface area contributed by atoms with Gasteiger partial charge in [0.05, 0.1) is 5.52 Å². The van der Waals surface area contributed by atoms with Crippen LogP contribution in [0.25, 0.3) is 11.1 Å². The molecule has 0 saturated heterocycles. The number of amides is 1. The van der Waals surface area contributed by atoms with Crippen LogP contribution in [0.15, 0.2) is 33.5 Å². The molecular weight excluding hydrogens is 244 g/mol. The largest absolute Gasteiger partial charge is 0.419 e. The summed E-state index contributed by atoms with van der Waals surface area (Å²) in [6, 6.07) is 7.20. The molecule has 0 spiro atoms. The number of hydrogen-bond donors (Lipinski definition) is 1. The monoisotopic (exact) mass is 262 g/mol. The zero-order valence-corrected chi connectivity index (χ0v) is 11.2. The quantitative estimate of drug-likeness (QED) is 0.893. The van der Waals surface area contributed by atoms with E-state index in [0.29, 0.717) is 24.6 Å². The molecule has 0 fully saturated rings. The van der Waals surface area contributed by atoms with E-state index in [1.807, 2.05) is 32.0 Å². The van der Waals surface area contributed by atoms with Gasteiger partial charge in [-0.15, -0.1) is 0 Å².